The van der Waals surface area contributed by atoms with Gasteiger partial charge >= 0.3 is 0 Å². The molecule has 0 aromatic carbocycles. The summed E-state index contributed by atoms with van der Waals surface area (Å²) in [7, 11) is 0. The van der Waals surface area contributed by atoms with E-state index in [4.69, 9.17) is 11.6 Å². The molecule has 0 aliphatic carbocycles. The van der Waals surface area contributed by atoms with Gasteiger partial charge in [-0.2, -0.15) is 0 Å². The molecule has 0 bridgehead atoms. The summed E-state index contributed by atoms with van der Waals surface area (Å²) in [6.07, 6.45) is 2.57. The number of alkyl halides is 1. The van der Waals surface area contributed by atoms with Crippen molar-refractivity contribution in [3.05, 3.63) is 0 Å². The summed E-state index contributed by atoms with van der Waals surface area (Å²) in [4.78, 5) is 13.7. The van der Waals surface area contributed by atoms with Crippen molar-refractivity contribution in [2.24, 2.45) is 11.8 Å². The fraction of sp³-hybridized carbons (Fsp3) is 0.909. The lowest BCUT2D eigenvalue weighted by molar-refractivity contribution is -0.133. The minimum Gasteiger partial charge on any atom is -0.342 e. The average molecular weight is 218 g/mol. The molecule has 1 fully saturated rings. The van der Waals surface area contributed by atoms with Gasteiger partial charge in [-0.3, -0.25) is 4.79 Å². The molecular weight excluding hydrogens is 198 g/mol. The Morgan fingerprint density at radius 1 is 1.43 bits per heavy atom. The summed E-state index contributed by atoms with van der Waals surface area (Å²) in [6.45, 7) is 6.37. The van der Waals surface area contributed by atoms with E-state index in [1.54, 1.807) is 0 Å². The van der Waals surface area contributed by atoms with Crippen LogP contribution in [-0.2, 0) is 4.79 Å². The van der Waals surface area contributed by atoms with Gasteiger partial charge in [-0.05, 0) is 24.7 Å². The highest BCUT2D eigenvalue weighted by Crippen LogP contribution is 2.22. The number of carbonyl (C=O) groups is 1. The monoisotopic (exact) mass is 217 g/mol. The van der Waals surface area contributed by atoms with Crippen LogP contribution in [0.15, 0.2) is 0 Å². The van der Waals surface area contributed by atoms with E-state index in [0.717, 1.165) is 31.8 Å². The van der Waals surface area contributed by atoms with E-state index in [1.807, 2.05) is 4.90 Å². The molecule has 0 N–H and O–H groups in total. The average Bonchev–Trinajstić information content (AvgIpc) is 2.18. The van der Waals surface area contributed by atoms with E-state index in [2.05, 4.69) is 13.8 Å². The van der Waals surface area contributed by atoms with Gasteiger partial charge in [0.2, 0.25) is 5.91 Å². The first-order valence-corrected chi connectivity index (χ1v) is 6.02. The van der Waals surface area contributed by atoms with Crippen molar-refractivity contribution in [1.82, 2.24) is 4.90 Å². The van der Waals surface area contributed by atoms with E-state index in [0.29, 0.717) is 18.2 Å². The van der Waals surface area contributed by atoms with Gasteiger partial charge in [-0.15, -0.1) is 11.6 Å². The van der Waals surface area contributed by atoms with Crippen LogP contribution in [0.2, 0.25) is 0 Å². The first kappa shape index (κ1) is 11.8. The molecule has 1 rings (SSSR count). The van der Waals surface area contributed by atoms with Crippen molar-refractivity contribution in [1.29, 1.82) is 0 Å². The molecule has 2 unspecified atom stereocenters. The molecule has 82 valence electrons. The Labute approximate surface area is 91.6 Å². The van der Waals surface area contributed by atoms with Gasteiger partial charge in [0, 0.05) is 25.4 Å². The summed E-state index contributed by atoms with van der Waals surface area (Å²) in [6, 6.07) is 0. The van der Waals surface area contributed by atoms with Crippen LogP contribution >= 0.6 is 11.6 Å². The highest BCUT2D eigenvalue weighted by molar-refractivity contribution is 6.17. The third-order valence-corrected chi connectivity index (χ3v) is 3.48. The van der Waals surface area contributed by atoms with Gasteiger partial charge in [0.25, 0.3) is 0 Å². The number of rotatable bonds is 3. The molecule has 14 heavy (non-hydrogen) atoms. The predicted octanol–water partition coefficient (Wildman–Crippen LogP) is 2.51. The minimum atomic E-state index is 0.282. The molecule has 0 aromatic rings. The second-order valence-electron chi connectivity index (χ2n) is 4.38. The van der Waals surface area contributed by atoms with E-state index in [9.17, 15) is 4.79 Å². The number of halogens is 1. The van der Waals surface area contributed by atoms with Gasteiger partial charge < -0.3 is 4.90 Å². The zero-order valence-corrected chi connectivity index (χ0v) is 9.89. The van der Waals surface area contributed by atoms with Crippen LogP contribution in [-0.4, -0.2) is 29.8 Å². The van der Waals surface area contributed by atoms with Crippen molar-refractivity contribution >= 4 is 17.5 Å². The molecule has 0 saturated carbocycles. The van der Waals surface area contributed by atoms with Gasteiger partial charge in [0.05, 0.1) is 0 Å². The Morgan fingerprint density at radius 3 is 2.71 bits per heavy atom. The summed E-state index contributed by atoms with van der Waals surface area (Å²) < 4.78 is 0. The topological polar surface area (TPSA) is 20.3 Å². The fourth-order valence-electron chi connectivity index (χ4n) is 1.87. The quantitative estimate of drug-likeness (QED) is 0.666. The van der Waals surface area contributed by atoms with Crippen LogP contribution in [0.1, 0.15) is 33.1 Å². The lowest BCUT2D eigenvalue weighted by Gasteiger charge is -2.35. The number of amides is 1. The van der Waals surface area contributed by atoms with E-state index in [-0.39, 0.29) is 5.91 Å². The Balaban J connectivity index is 2.34. The molecular formula is C11H20ClNO. The number of nitrogens with zero attached hydrogens (tertiary/aromatic N) is 1. The zero-order valence-electron chi connectivity index (χ0n) is 9.13. The lowest BCUT2D eigenvalue weighted by atomic mass is 9.88. The van der Waals surface area contributed by atoms with Gasteiger partial charge in [0.1, 0.15) is 0 Å². The maximum atomic E-state index is 11.7. The second kappa shape index (κ2) is 5.59. The van der Waals surface area contributed by atoms with Gasteiger partial charge in [0.15, 0.2) is 0 Å². The predicted molar refractivity (Wildman–Crippen MR) is 59.5 cm³/mol. The maximum absolute atomic E-state index is 11.7. The number of hydrogen-bond acceptors (Lipinski definition) is 1. The molecule has 0 spiro atoms. The third-order valence-electron chi connectivity index (χ3n) is 3.21. The van der Waals surface area contributed by atoms with Crippen LogP contribution in [0.4, 0.5) is 0 Å². The molecule has 1 saturated heterocycles. The molecule has 2 atom stereocenters. The Kier molecular flexibility index (Phi) is 4.73. The number of likely N-dealkylation sites (tertiary alicyclic amines) is 1. The molecule has 3 heteroatoms. The van der Waals surface area contributed by atoms with Crippen molar-refractivity contribution in [2.45, 2.75) is 33.1 Å². The number of piperidine rings is 1. The van der Waals surface area contributed by atoms with Crippen LogP contribution in [0, 0.1) is 11.8 Å². The summed E-state index contributed by atoms with van der Waals surface area (Å²) in [5.41, 5.74) is 0. The molecule has 2 nitrogen and oxygen atoms in total. The van der Waals surface area contributed by atoms with Crippen molar-refractivity contribution in [2.75, 3.05) is 19.0 Å². The first-order chi connectivity index (χ1) is 6.65. The Bertz CT molecular complexity index is 196. The molecule has 1 heterocycles. The molecule has 0 aromatic heterocycles. The van der Waals surface area contributed by atoms with Gasteiger partial charge in [-0.1, -0.05) is 13.8 Å². The smallest absolute Gasteiger partial charge is 0.222 e. The zero-order chi connectivity index (χ0) is 10.6. The molecule has 0 radical (unpaired) electrons. The van der Waals surface area contributed by atoms with Gasteiger partial charge in [-0.25, -0.2) is 0 Å². The highest BCUT2D eigenvalue weighted by atomic mass is 35.5. The number of carbonyl (C=O) groups excluding carboxylic acids is 1. The summed E-state index contributed by atoms with van der Waals surface area (Å²) in [5.74, 6) is 2.27. The van der Waals surface area contributed by atoms with Crippen LogP contribution in [0.3, 0.4) is 0 Å². The van der Waals surface area contributed by atoms with E-state index < -0.39 is 0 Å². The highest BCUT2D eigenvalue weighted by Gasteiger charge is 2.25. The lowest BCUT2D eigenvalue weighted by Crippen LogP contribution is -2.42. The third kappa shape index (κ3) is 3.16. The first-order valence-electron chi connectivity index (χ1n) is 5.49. The van der Waals surface area contributed by atoms with Crippen molar-refractivity contribution < 1.29 is 4.79 Å². The van der Waals surface area contributed by atoms with Crippen LogP contribution < -0.4 is 0 Å². The summed E-state index contributed by atoms with van der Waals surface area (Å²) >= 11 is 5.57. The van der Waals surface area contributed by atoms with Crippen LogP contribution in [0.25, 0.3) is 0 Å². The SMILES string of the molecule is CC1CCN(C(=O)CCCCl)CC1C. The maximum Gasteiger partial charge on any atom is 0.222 e. The molecule has 1 aliphatic heterocycles. The fourth-order valence-corrected chi connectivity index (χ4v) is 2.00. The summed E-state index contributed by atoms with van der Waals surface area (Å²) in [5, 5.41) is 0. The standard InChI is InChI=1S/C11H20ClNO/c1-9-5-7-13(8-10(9)2)11(14)4-3-6-12/h9-10H,3-8H2,1-2H3. The minimum absolute atomic E-state index is 0.282. The number of hydrogen-bond donors (Lipinski definition) is 0. The largest absolute Gasteiger partial charge is 0.342 e. The van der Waals surface area contributed by atoms with Crippen molar-refractivity contribution in [3.8, 4) is 0 Å². The second-order valence-corrected chi connectivity index (χ2v) is 4.75. The van der Waals surface area contributed by atoms with Crippen LogP contribution in [0.5, 0.6) is 0 Å². The molecule has 1 aliphatic rings. The van der Waals surface area contributed by atoms with E-state index >= 15 is 0 Å². The van der Waals surface area contributed by atoms with Crippen molar-refractivity contribution in [3.63, 3.8) is 0 Å². The molecule has 1 amide bonds. The van der Waals surface area contributed by atoms with E-state index in [1.165, 1.54) is 0 Å². The Hall–Kier alpha value is -0.240. The normalized spacial score (nSPS) is 27.8. The Morgan fingerprint density at radius 2 is 2.14 bits per heavy atom.